The number of rotatable bonds is 2. The number of hydrogen-bond donors (Lipinski definition) is 1. The second-order valence-corrected chi connectivity index (χ2v) is 4.53. The molecule has 0 saturated heterocycles. The first-order valence-corrected chi connectivity index (χ1v) is 5.71. The smallest absolute Gasteiger partial charge is 0.123 e. The molecule has 2 rings (SSSR count). The summed E-state index contributed by atoms with van der Waals surface area (Å²) >= 11 is 0. The van der Waals surface area contributed by atoms with Crippen LogP contribution in [0.3, 0.4) is 0 Å². The van der Waals surface area contributed by atoms with Crippen molar-refractivity contribution in [2.45, 2.75) is 38.0 Å². The zero-order valence-corrected chi connectivity index (χ0v) is 9.17. The molecular formula is C13H18FN. The second kappa shape index (κ2) is 4.31. The van der Waals surface area contributed by atoms with Gasteiger partial charge in [0.1, 0.15) is 5.82 Å². The Hall–Kier alpha value is -0.890. The molecule has 82 valence electrons. The van der Waals surface area contributed by atoms with E-state index in [4.69, 9.17) is 5.73 Å². The normalized spacial score (nSPS) is 25.0. The minimum absolute atomic E-state index is 0.117. The monoisotopic (exact) mass is 207 g/mol. The van der Waals surface area contributed by atoms with Crippen LogP contribution in [-0.4, -0.2) is 6.54 Å². The van der Waals surface area contributed by atoms with Crippen LogP contribution in [0.5, 0.6) is 0 Å². The number of halogens is 1. The van der Waals surface area contributed by atoms with E-state index in [2.05, 4.69) is 6.92 Å². The van der Waals surface area contributed by atoms with E-state index in [-0.39, 0.29) is 5.82 Å². The van der Waals surface area contributed by atoms with Gasteiger partial charge < -0.3 is 5.73 Å². The van der Waals surface area contributed by atoms with E-state index in [0.29, 0.717) is 11.8 Å². The summed E-state index contributed by atoms with van der Waals surface area (Å²) < 4.78 is 13.2. The molecule has 1 nitrogen and oxygen atoms in total. The lowest BCUT2D eigenvalue weighted by Crippen LogP contribution is -2.16. The van der Waals surface area contributed by atoms with Crippen LogP contribution in [0.4, 0.5) is 4.39 Å². The van der Waals surface area contributed by atoms with Gasteiger partial charge in [-0.3, -0.25) is 0 Å². The standard InChI is InChI=1S/C13H18FN/c1-9-2-3-10(6-7-15)12-5-4-11(14)8-13(9)12/h4-5,8-10H,2-3,6-7,15H2,1H3. The number of hydrogen-bond acceptors (Lipinski definition) is 1. The van der Waals surface area contributed by atoms with E-state index < -0.39 is 0 Å². The molecule has 0 heterocycles. The molecule has 0 spiro atoms. The van der Waals surface area contributed by atoms with E-state index in [1.54, 1.807) is 12.1 Å². The highest BCUT2D eigenvalue weighted by Gasteiger charge is 2.24. The van der Waals surface area contributed by atoms with Crippen molar-refractivity contribution >= 4 is 0 Å². The molecule has 15 heavy (non-hydrogen) atoms. The molecule has 1 aromatic carbocycles. The van der Waals surface area contributed by atoms with E-state index >= 15 is 0 Å². The lowest BCUT2D eigenvalue weighted by molar-refractivity contribution is 0.479. The Kier molecular flexibility index (Phi) is 3.06. The third-order valence-electron chi connectivity index (χ3n) is 3.48. The Morgan fingerprint density at radius 2 is 2.13 bits per heavy atom. The Morgan fingerprint density at radius 3 is 2.87 bits per heavy atom. The van der Waals surface area contributed by atoms with Crippen LogP contribution in [0.15, 0.2) is 18.2 Å². The molecule has 0 fully saturated rings. The zero-order valence-electron chi connectivity index (χ0n) is 9.17. The predicted molar refractivity (Wildman–Crippen MR) is 60.5 cm³/mol. The SMILES string of the molecule is CC1CCC(CCN)c2ccc(F)cc21. The summed E-state index contributed by atoms with van der Waals surface area (Å²) in [7, 11) is 0. The van der Waals surface area contributed by atoms with Crippen LogP contribution >= 0.6 is 0 Å². The van der Waals surface area contributed by atoms with Gasteiger partial charge in [-0.2, -0.15) is 0 Å². The number of benzene rings is 1. The van der Waals surface area contributed by atoms with Gasteiger partial charge in [0.05, 0.1) is 0 Å². The van der Waals surface area contributed by atoms with Gasteiger partial charge in [-0.05, 0) is 60.9 Å². The fourth-order valence-corrected chi connectivity index (χ4v) is 2.61. The lowest BCUT2D eigenvalue weighted by Gasteiger charge is -2.29. The van der Waals surface area contributed by atoms with Gasteiger partial charge in [0, 0.05) is 0 Å². The summed E-state index contributed by atoms with van der Waals surface area (Å²) in [5, 5.41) is 0. The first-order valence-electron chi connectivity index (χ1n) is 5.71. The van der Waals surface area contributed by atoms with E-state index in [0.717, 1.165) is 19.4 Å². The molecular weight excluding hydrogens is 189 g/mol. The van der Waals surface area contributed by atoms with E-state index in [9.17, 15) is 4.39 Å². The Balaban J connectivity index is 2.36. The van der Waals surface area contributed by atoms with Crippen molar-refractivity contribution in [1.82, 2.24) is 0 Å². The highest BCUT2D eigenvalue weighted by Crippen LogP contribution is 2.40. The maximum absolute atomic E-state index is 13.2. The maximum atomic E-state index is 13.2. The number of fused-ring (bicyclic) bond motifs is 1. The molecule has 0 radical (unpaired) electrons. The Labute approximate surface area is 90.5 Å². The summed E-state index contributed by atoms with van der Waals surface area (Å²) in [6.45, 7) is 2.90. The molecule has 2 unspecified atom stereocenters. The lowest BCUT2D eigenvalue weighted by atomic mass is 9.76. The van der Waals surface area contributed by atoms with Crippen molar-refractivity contribution in [3.63, 3.8) is 0 Å². The Bertz CT molecular complexity index is 348. The molecule has 0 saturated carbocycles. The fourth-order valence-electron chi connectivity index (χ4n) is 2.61. The third-order valence-corrected chi connectivity index (χ3v) is 3.48. The fraction of sp³-hybridized carbons (Fsp3) is 0.538. The average Bonchev–Trinajstić information content (AvgIpc) is 2.23. The molecule has 1 aliphatic carbocycles. The maximum Gasteiger partial charge on any atom is 0.123 e. The molecule has 2 atom stereocenters. The summed E-state index contributed by atoms with van der Waals surface area (Å²) in [4.78, 5) is 0. The van der Waals surface area contributed by atoms with Crippen molar-refractivity contribution in [3.8, 4) is 0 Å². The van der Waals surface area contributed by atoms with Crippen molar-refractivity contribution in [2.24, 2.45) is 5.73 Å². The minimum Gasteiger partial charge on any atom is -0.330 e. The van der Waals surface area contributed by atoms with Gasteiger partial charge in [0.2, 0.25) is 0 Å². The van der Waals surface area contributed by atoms with Crippen LogP contribution < -0.4 is 5.73 Å². The summed E-state index contributed by atoms with van der Waals surface area (Å²) in [6, 6.07) is 5.21. The molecule has 2 heteroatoms. The van der Waals surface area contributed by atoms with E-state index in [1.807, 2.05) is 6.07 Å². The van der Waals surface area contributed by atoms with Crippen molar-refractivity contribution in [3.05, 3.63) is 35.1 Å². The number of nitrogens with two attached hydrogens (primary N) is 1. The van der Waals surface area contributed by atoms with Gasteiger partial charge in [-0.25, -0.2) is 4.39 Å². The zero-order chi connectivity index (χ0) is 10.8. The van der Waals surface area contributed by atoms with Crippen LogP contribution in [0, 0.1) is 5.82 Å². The minimum atomic E-state index is -0.117. The van der Waals surface area contributed by atoms with Gasteiger partial charge in [-0.15, -0.1) is 0 Å². The van der Waals surface area contributed by atoms with Gasteiger partial charge >= 0.3 is 0 Å². The summed E-state index contributed by atoms with van der Waals surface area (Å²) in [6.07, 6.45) is 3.36. The molecule has 1 aliphatic rings. The summed E-state index contributed by atoms with van der Waals surface area (Å²) in [5.41, 5.74) is 8.12. The van der Waals surface area contributed by atoms with Crippen molar-refractivity contribution in [1.29, 1.82) is 0 Å². The van der Waals surface area contributed by atoms with Gasteiger partial charge in [-0.1, -0.05) is 13.0 Å². The average molecular weight is 207 g/mol. The second-order valence-electron chi connectivity index (χ2n) is 4.53. The molecule has 0 bridgehead atoms. The molecule has 0 aliphatic heterocycles. The van der Waals surface area contributed by atoms with E-state index in [1.165, 1.54) is 17.5 Å². The first kappa shape index (κ1) is 10.6. The predicted octanol–water partition coefficient (Wildman–Crippen LogP) is 3.16. The van der Waals surface area contributed by atoms with Crippen LogP contribution in [0.2, 0.25) is 0 Å². The van der Waals surface area contributed by atoms with Crippen LogP contribution in [0.1, 0.15) is 49.1 Å². The molecule has 1 aromatic rings. The molecule has 0 aromatic heterocycles. The molecule has 2 N–H and O–H groups in total. The quantitative estimate of drug-likeness (QED) is 0.792. The Morgan fingerprint density at radius 1 is 1.33 bits per heavy atom. The topological polar surface area (TPSA) is 26.0 Å². The van der Waals surface area contributed by atoms with Crippen LogP contribution in [0.25, 0.3) is 0 Å². The molecule has 0 amide bonds. The summed E-state index contributed by atoms with van der Waals surface area (Å²) in [5.74, 6) is 0.917. The van der Waals surface area contributed by atoms with Crippen molar-refractivity contribution in [2.75, 3.05) is 6.54 Å². The largest absolute Gasteiger partial charge is 0.330 e. The van der Waals surface area contributed by atoms with Gasteiger partial charge in [0.25, 0.3) is 0 Å². The highest BCUT2D eigenvalue weighted by atomic mass is 19.1. The van der Waals surface area contributed by atoms with Crippen LogP contribution in [-0.2, 0) is 0 Å². The van der Waals surface area contributed by atoms with Gasteiger partial charge in [0.15, 0.2) is 0 Å². The first-order chi connectivity index (χ1) is 7.22. The highest BCUT2D eigenvalue weighted by molar-refractivity contribution is 5.35. The third kappa shape index (κ3) is 2.05. The van der Waals surface area contributed by atoms with Crippen molar-refractivity contribution < 1.29 is 4.39 Å².